The first-order chi connectivity index (χ1) is 11.2. The van der Waals surface area contributed by atoms with E-state index < -0.39 is 23.7 Å². The van der Waals surface area contributed by atoms with E-state index in [1.165, 1.54) is 0 Å². The average molecular weight is 339 g/mol. The normalized spacial score (nSPS) is 11.9. The average Bonchev–Trinajstić information content (AvgIpc) is 2.45. The quantitative estimate of drug-likeness (QED) is 0.818. The molecule has 0 amide bonds. The molecular weight excluding hydrogens is 319 g/mol. The van der Waals surface area contributed by atoms with Crippen LogP contribution in [0.15, 0.2) is 30.5 Å². The molecule has 2 rings (SSSR count). The summed E-state index contributed by atoms with van der Waals surface area (Å²) >= 11 is 0. The molecule has 0 aliphatic carbocycles. The molecule has 130 valence electrons. The minimum atomic E-state index is -4.57. The van der Waals surface area contributed by atoms with Gasteiger partial charge in [0.25, 0.3) is 0 Å². The number of benzene rings is 1. The lowest BCUT2D eigenvalue weighted by atomic mass is 10.0. The van der Waals surface area contributed by atoms with E-state index in [2.05, 4.69) is 15.3 Å². The molecule has 2 aromatic rings. The second-order valence-electron chi connectivity index (χ2n) is 5.94. The van der Waals surface area contributed by atoms with Crippen LogP contribution in [0.3, 0.4) is 0 Å². The molecule has 0 spiro atoms. The van der Waals surface area contributed by atoms with Crippen molar-refractivity contribution in [3.63, 3.8) is 0 Å². The Morgan fingerprint density at radius 3 is 2.33 bits per heavy atom. The smallest absolute Gasteiger partial charge is 0.423 e. The van der Waals surface area contributed by atoms with Gasteiger partial charge in [-0.05, 0) is 31.4 Å². The van der Waals surface area contributed by atoms with Crippen molar-refractivity contribution in [1.29, 1.82) is 0 Å². The van der Waals surface area contributed by atoms with Crippen molar-refractivity contribution in [2.24, 2.45) is 0 Å². The largest absolute Gasteiger partial charge is 0.474 e. The Morgan fingerprint density at radius 2 is 1.75 bits per heavy atom. The summed E-state index contributed by atoms with van der Waals surface area (Å²) in [6, 6.07) is 7.52. The van der Waals surface area contributed by atoms with Crippen LogP contribution in [-0.2, 0) is 6.18 Å². The molecular formula is C17H20F3N3O. The highest BCUT2D eigenvalue weighted by Gasteiger charge is 2.36. The molecule has 0 atom stereocenters. The van der Waals surface area contributed by atoms with Crippen LogP contribution in [-0.4, -0.2) is 16.1 Å². The number of nitrogens with one attached hydrogen (secondary N) is 1. The van der Waals surface area contributed by atoms with Crippen LogP contribution in [0, 0.1) is 0 Å². The number of anilines is 2. The van der Waals surface area contributed by atoms with E-state index in [1.807, 2.05) is 38.1 Å². The van der Waals surface area contributed by atoms with Crippen LogP contribution >= 0.6 is 0 Å². The molecule has 0 aliphatic heterocycles. The van der Waals surface area contributed by atoms with Gasteiger partial charge in [0, 0.05) is 11.9 Å². The van der Waals surface area contributed by atoms with Crippen molar-refractivity contribution >= 4 is 11.6 Å². The first-order valence-electron chi connectivity index (χ1n) is 7.65. The summed E-state index contributed by atoms with van der Waals surface area (Å²) in [6.07, 6.45) is -4.26. The fourth-order valence-corrected chi connectivity index (χ4v) is 2.17. The Hall–Kier alpha value is -2.31. The van der Waals surface area contributed by atoms with E-state index in [0.717, 1.165) is 17.4 Å². The highest BCUT2D eigenvalue weighted by atomic mass is 19.4. The van der Waals surface area contributed by atoms with Crippen molar-refractivity contribution in [3.05, 3.63) is 41.6 Å². The van der Waals surface area contributed by atoms with Gasteiger partial charge in [0.05, 0.1) is 6.10 Å². The third-order valence-corrected chi connectivity index (χ3v) is 3.24. The third-order valence-electron chi connectivity index (χ3n) is 3.24. The first-order valence-corrected chi connectivity index (χ1v) is 7.65. The molecule has 0 radical (unpaired) electrons. The second-order valence-corrected chi connectivity index (χ2v) is 5.94. The van der Waals surface area contributed by atoms with Crippen LogP contribution in [0.1, 0.15) is 44.7 Å². The van der Waals surface area contributed by atoms with Crippen LogP contribution < -0.4 is 10.1 Å². The van der Waals surface area contributed by atoms with Crippen molar-refractivity contribution in [2.45, 2.75) is 45.9 Å². The van der Waals surface area contributed by atoms with E-state index in [9.17, 15) is 13.2 Å². The third kappa shape index (κ3) is 4.37. The van der Waals surface area contributed by atoms with Gasteiger partial charge in [-0.1, -0.05) is 32.0 Å². The monoisotopic (exact) mass is 339 g/mol. The predicted molar refractivity (Wildman–Crippen MR) is 86.6 cm³/mol. The second kappa shape index (κ2) is 7.07. The van der Waals surface area contributed by atoms with Crippen molar-refractivity contribution in [2.75, 3.05) is 5.32 Å². The Kier molecular flexibility index (Phi) is 5.31. The van der Waals surface area contributed by atoms with Gasteiger partial charge in [0.15, 0.2) is 0 Å². The minimum Gasteiger partial charge on any atom is -0.474 e. The van der Waals surface area contributed by atoms with Gasteiger partial charge in [0.2, 0.25) is 11.8 Å². The Bertz CT molecular complexity index is 700. The highest BCUT2D eigenvalue weighted by Crippen LogP contribution is 2.36. The molecule has 0 unspecified atom stereocenters. The van der Waals surface area contributed by atoms with Gasteiger partial charge >= 0.3 is 6.18 Å². The number of para-hydroxylation sites is 1. The Morgan fingerprint density at radius 1 is 1.08 bits per heavy atom. The summed E-state index contributed by atoms with van der Waals surface area (Å²) in [5, 5.41) is 2.98. The predicted octanol–water partition coefficient (Wildman–Crippen LogP) is 5.15. The Balaban J connectivity index is 2.39. The number of ether oxygens (including phenoxy) is 1. The van der Waals surface area contributed by atoms with Gasteiger partial charge in [-0.2, -0.15) is 18.2 Å². The lowest BCUT2D eigenvalue weighted by Gasteiger charge is -2.17. The number of rotatable bonds is 5. The van der Waals surface area contributed by atoms with Gasteiger partial charge in [-0.15, -0.1) is 0 Å². The number of hydrogen-bond acceptors (Lipinski definition) is 4. The van der Waals surface area contributed by atoms with Crippen LogP contribution in [0.2, 0.25) is 0 Å². The van der Waals surface area contributed by atoms with E-state index in [1.54, 1.807) is 13.8 Å². The first kappa shape index (κ1) is 18.0. The summed E-state index contributed by atoms with van der Waals surface area (Å²) in [4.78, 5) is 7.70. The maximum atomic E-state index is 13.0. The molecule has 1 aromatic carbocycles. The van der Waals surface area contributed by atoms with Gasteiger partial charge < -0.3 is 10.1 Å². The van der Waals surface area contributed by atoms with E-state index in [4.69, 9.17) is 4.74 Å². The van der Waals surface area contributed by atoms with E-state index in [-0.39, 0.29) is 11.9 Å². The van der Waals surface area contributed by atoms with Crippen molar-refractivity contribution in [3.8, 4) is 5.88 Å². The molecule has 1 N–H and O–H groups in total. The van der Waals surface area contributed by atoms with Crippen LogP contribution in [0.4, 0.5) is 24.8 Å². The standard InChI is InChI=1S/C17H20F3N3O/c1-10(2)12-7-5-6-8-14(12)22-16-21-9-13(17(18,19)20)15(23-16)24-11(3)4/h5-11H,1-4H3,(H,21,22,23). The zero-order chi connectivity index (χ0) is 17.9. The zero-order valence-electron chi connectivity index (χ0n) is 14.0. The fraction of sp³-hybridized carbons (Fsp3) is 0.412. The lowest BCUT2D eigenvalue weighted by molar-refractivity contribution is -0.139. The SMILES string of the molecule is CC(C)Oc1nc(Nc2ccccc2C(C)C)ncc1C(F)(F)F. The van der Waals surface area contributed by atoms with E-state index >= 15 is 0 Å². The van der Waals surface area contributed by atoms with Crippen molar-refractivity contribution in [1.82, 2.24) is 9.97 Å². The molecule has 0 saturated carbocycles. The van der Waals surface area contributed by atoms with Crippen LogP contribution in [0.5, 0.6) is 5.88 Å². The molecule has 0 fully saturated rings. The van der Waals surface area contributed by atoms with Crippen molar-refractivity contribution < 1.29 is 17.9 Å². The molecule has 7 heteroatoms. The number of halogens is 3. The lowest BCUT2D eigenvalue weighted by Crippen LogP contribution is -2.16. The highest BCUT2D eigenvalue weighted by molar-refractivity contribution is 5.59. The summed E-state index contributed by atoms with van der Waals surface area (Å²) in [6.45, 7) is 7.34. The summed E-state index contributed by atoms with van der Waals surface area (Å²) in [7, 11) is 0. The molecule has 1 heterocycles. The number of nitrogens with zero attached hydrogens (tertiary/aromatic N) is 2. The summed E-state index contributed by atoms with van der Waals surface area (Å²) in [5.41, 5.74) is 0.786. The minimum absolute atomic E-state index is 0.0618. The molecule has 4 nitrogen and oxygen atoms in total. The maximum Gasteiger partial charge on any atom is 0.423 e. The zero-order valence-corrected chi connectivity index (χ0v) is 14.0. The molecule has 0 saturated heterocycles. The van der Waals surface area contributed by atoms with Gasteiger partial charge in [-0.25, -0.2) is 4.98 Å². The topological polar surface area (TPSA) is 47.0 Å². The molecule has 1 aromatic heterocycles. The fourth-order valence-electron chi connectivity index (χ4n) is 2.17. The number of hydrogen-bond donors (Lipinski definition) is 1. The molecule has 24 heavy (non-hydrogen) atoms. The van der Waals surface area contributed by atoms with E-state index in [0.29, 0.717) is 0 Å². The Labute approximate surface area is 139 Å². The van der Waals surface area contributed by atoms with Gasteiger partial charge in [0.1, 0.15) is 5.56 Å². The van der Waals surface area contributed by atoms with Gasteiger partial charge in [-0.3, -0.25) is 0 Å². The number of alkyl halides is 3. The molecule has 0 bridgehead atoms. The summed E-state index contributed by atoms with van der Waals surface area (Å²) < 4.78 is 44.4. The summed E-state index contributed by atoms with van der Waals surface area (Å²) in [5.74, 6) is -0.168. The number of aromatic nitrogens is 2. The van der Waals surface area contributed by atoms with Crippen LogP contribution in [0.25, 0.3) is 0 Å². The maximum absolute atomic E-state index is 13.0. The molecule has 0 aliphatic rings.